The molecule has 13 nitrogen and oxygen atoms in total. The Morgan fingerprint density at radius 3 is 2.28 bits per heavy atom. The number of aliphatic hydroxyl groups is 1. The van der Waals surface area contributed by atoms with Gasteiger partial charge in [-0.05, 0) is 58.4 Å². The van der Waals surface area contributed by atoms with E-state index in [-0.39, 0.29) is 36.2 Å². The molecule has 1 aromatic heterocycles. The van der Waals surface area contributed by atoms with Crippen molar-refractivity contribution in [2.75, 3.05) is 27.8 Å². The highest BCUT2D eigenvalue weighted by atomic mass is 32.1. The molecule has 5 N–H and O–H groups in total. The predicted octanol–water partition coefficient (Wildman–Crippen LogP) is 3.46. The van der Waals surface area contributed by atoms with Crippen molar-refractivity contribution in [3.8, 4) is 0 Å². The lowest BCUT2D eigenvalue weighted by atomic mass is 9.88. The van der Waals surface area contributed by atoms with E-state index in [0.29, 0.717) is 25.8 Å². The molecule has 1 fully saturated rings. The van der Waals surface area contributed by atoms with Gasteiger partial charge < -0.3 is 40.7 Å². The van der Waals surface area contributed by atoms with Crippen LogP contribution in [0.5, 0.6) is 0 Å². The molecule has 1 aliphatic heterocycles. The van der Waals surface area contributed by atoms with Crippen LogP contribution < -0.4 is 16.4 Å². The summed E-state index contributed by atoms with van der Waals surface area (Å²) < 4.78 is 11.9. The van der Waals surface area contributed by atoms with Gasteiger partial charge in [0.2, 0.25) is 23.6 Å². The molecule has 1 saturated heterocycles. The largest absolute Gasteiger partial charge is 0.388 e. The maximum Gasteiger partial charge on any atom is 0.248 e. The molecule has 3 rings (SSSR count). The monoisotopic (exact) mass is 758 g/mol. The highest BCUT2D eigenvalue weighted by Crippen LogP contribution is 2.30. The Morgan fingerprint density at radius 2 is 1.75 bits per heavy atom. The molecule has 0 radical (unpaired) electrons. The van der Waals surface area contributed by atoms with Crippen molar-refractivity contribution in [1.29, 1.82) is 0 Å². The van der Waals surface area contributed by atoms with E-state index in [2.05, 4.69) is 15.6 Å². The number of amides is 4. The smallest absolute Gasteiger partial charge is 0.248 e. The Morgan fingerprint density at radius 1 is 1.09 bits per heavy atom. The number of thiazole rings is 1. The van der Waals surface area contributed by atoms with Gasteiger partial charge >= 0.3 is 0 Å². The number of hydrogen-bond donors (Lipinski definition) is 4. The summed E-state index contributed by atoms with van der Waals surface area (Å²) >= 11 is 1.49. The number of methoxy groups -OCH3 is 2. The van der Waals surface area contributed by atoms with Crippen LogP contribution in [0.3, 0.4) is 0 Å². The summed E-state index contributed by atoms with van der Waals surface area (Å²) in [6.07, 6.45) is 3.07. The molecule has 2 heterocycles. The van der Waals surface area contributed by atoms with Crippen molar-refractivity contribution in [2.45, 2.75) is 128 Å². The van der Waals surface area contributed by atoms with Crippen molar-refractivity contribution in [3.05, 3.63) is 52.5 Å². The van der Waals surface area contributed by atoms with E-state index in [1.165, 1.54) is 51.0 Å². The number of benzene rings is 1. The van der Waals surface area contributed by atoms with Crippen LogP contribution in [0.2, 0.25) is 0 Å². The molecule has 0 spiro atoms. The number of rotatable bonds is 19. The van der Waals surface area contributed by atoms with Gasteiger partial charge in [-0.2, -0.15) is 0 Å². The summed E-state index contributed by atoms with van der Waals surface area (Å²) in [6, 6.07) is 7.38. The van der Waals surface area contributed by atoms with Gasteiger partial charge in [0.1, 0.15) is 11.0 Å². The summed E-state index contributed by atoms with van der Waals surface area (Å²) in [7, 11) is 4.68. The minimum Gasteiger partial charge on any atom is -0.388 e. The quantitative estimate of drug-likeness (QED) is 0.167. The first-order valence-electron chi connectivity index (χ1n) is 18.5. The molecule has 4 amide bonds. The van der Waals surface area contributed by atoms with Crippen LogP contribution in [0.15, 0.2) is 41.9 Å². The molecule has 8 atom stereocenters. The number of carbonyl (C=O) groups is 4. The van der Waals surface area contributed by atoms with Gasteiger partial charge in [-0.3, -0.25) is 19.2 Å². The third kappa shape index (κ3) is 11.5. The first kappa shape index (κ1) is 44.0. The topological polar surface area (TPSA) is 176 Å². The Labute approximate surface area is 319 Å². The Bertz CT molecular complexity index is 1480. The van der Waals surface area contributed by atoms with E-state index >= 15 is 0 Å². The third-order valence-electron chi connectivity index (χ3n) is 10.4. The number of ether oxygens (including phenoxy) is 2. The van der Waals surface area contributed by atoms with Gasteiger partial charge in [-0.1, -0.05) is 57.5 Å². The van der Waals surface area contributed by atoms with Crippen molar-refractivity contribution >= 4 is 35.0 Å². The minimum atomic E-state index is -1.62. The van der Waals surface area contributed by atoms with Crippen LogP contribution in [0, 0.1) is 11.8 Å². The third-order valence-corrected chi connectivity index (χ3v) is 11.3. The second-order valence-corrected chi connectivity index (χ2v) is 16.4. The molecule has 14 heteroatoms. The lowest BCUT2D eigenvalue weighted by Crippen LogP contribution is -2.64. The van der Waals surface area contributed by atoms with E-state index in [9.17, 15) is 24.3 Å². The molecule has 53 heavy (non-hydrogen) atoms. The minimum absolute atomic E-state index is 0.0325. The molecule has 0 saturated carbocycles. The lowest BCUT2D eigenvalue weighted by molar-refractivity contribution is -0.151. The average molecular weight is 759 g/mol. The zero-order valence-electron chi connectivity index (χ0n) is 33.1. The van der Waals surface area contributed by atoms with Crippen LogP contribution >= 0.6 is 11.3 Å². The molecule has 2 aromatic rings. The van der Waals surface area contributed by atoms with Gasteiger partial charge in [0.05, 0.1) is 53.8 Å². The standard InChI is InChI=1S/C39H62N6O7S/c1-11-24(2)31(44(8)36(48)33(39(6,7)50)43-37(49)38(4,5)40)29(51-9)23-30(46)45-20-15-18-28(45)32(52-10)25(3)34(47)42-27(35-41-19-21-53-35)22-26-16-13-12-14-17-26/h12-14,16-17,19,21,24-25,27-29,31-33,50H,11,15,18,20,22-23,40H2,1-10H3,(H,42,47)(H,43,49)/t24-,25+,27-,28-,29+,31-,32+,33+/m0/s1. The van der Waals surface area contributed by atoms with Crippen LogP contribution in [0.4, 0.5) is 0 Å². The van der Waals surface area contributed by atoms with Gasteiger partial charge in [0.15, 0.2) is 0 Å². The van der Waals surface area contributed by atoms with E-state index in [1.54, 1.807) is 25.3 Å². The first-order chi connectivity index (χ1) is 24.8. The molecular weight excluding hydrogens is 697 g/mol. The predicted molar refractivity (Wildman–Crippen MR) is 206 cm³/mol. The second kappa shape index (κ2) is 19.2. The van der Waals surface area contributed by atoms with Crippen molar-refractivity contribution in [1.82, 2.24) is 25.4 Å². The van der Waals surface area contributed by atoms with Crippen molar-refractivity contribution in [3.63, 3.8) is 0 Å². The lowest BCUT2D eigenvalue weighted by Gasteiger charge is -2.42. The molecule has 1 aromatic carbocycles. The molecule has 0 unspecified atom stereocenters. The van der Waals surface area contributed by atoms with Gasteiger partial charge in [-0.25, -0.2) is 4.98 Å². The van der Waals surface area contributed by atoms with Crippen LogP contribution in [0.25, 0.3) is 0 Å². The summed E-state index contributed by atoms with van der Waals surface area (Å²) in [4.78, 5) is 62.7. The maximum absolute atomic E-state index is 14.2. The Balaban J connectivity index is 1.80. The number of likely N-dealkylation sites (tertiary alicyclic amines) is 1. The number of nitrogens with one attached hydrogen (secondary N) is 2. The number of nitrogens with two attached hydrogens (primary N) is 1. The van der Waals surface area contributed by atoms with Crippen LogP contribution in [-0.2, 0) is 35.1 Å². The molecule has 0 aliphatic carbocycles. The normalized spacial score (nSPS) is 19.0. The first-order valence-corrected chi connectivity index (χ1v) is 19.4. The van der Waals surface area contributed by atoms with Gasteiger partial charge in [0, 0.05) is 39.4 Å². The summed E-state index contributed by atoms with van der Waals surface area (Å²) in [5, 5.41) is 19.5. The fourth-order valence-electron chi connectivity index (χ4n) is 7.13. The van der Waals surface area contributed by atoms with Gasteiger partial charge in [-0.15, -0.1) is 11.3 Å². The Kier molecular flexibility index (Phi) is 16.0. The zero-order chi connectivity index (χ0) is 39.7. The number of nitrogens with zero attached hydrogens (tertiary/aromatic N) is 3. The fourth-order valence-corrected chi connectivity index (χ4v) is 7.82. The van der Waals surface area contributed by atoms with E-state index in [4.69, 9.17) is 15.2 Å². The SMILES string of the molecule is CC[C@H](C)[C@@H]([C@@H](CC(=O)N1CCC[C@H]1[C@H](OC)[C@@H](C)C(=O)N[C@@H](Cc1ccccc1)c1nccs1)OC)N(C)C(=O)[C@@H](NC(=O)C(C)(C)N)C(C)(C)O. The van der Waals surface area contributed by atoms with E-state index < -0.39 is 53.2 Å². The summed E-state index contributed by atoms with van der Waals surface area (Å²) in [6.45, 7) is 12.2. The highest BCUT2D eigenvalue weighted by molar-refractivity contribution is 7.09. The number of likely N-dealkylation sites (N-methyl/N-ethyl adjacent to an activating group) is 1. The van der Waals surface area contributed by atoms with Crippen LogP contribution in [0.1, 0.15) is 90.8 Å². The van der Waals surface area contributed by atoms with E-state index in [0.717, 1.165) is 17.0 Å². The molecular formula is C39H62N6O7S. The second-order valence-electron chi connectivity index (χ2n) is 15.5. The summed E-state index contributed by atoms with van der Waals surface area (Å²) in [5.41, 5.74) is 4.17. The zero-order valence-corrected chi connectivity index (χ0v) is 33.9. The number of hydrogen-bond acceptors (Lipinski definition) is 10. The fraction of sp³-hybridized carbons (Fsp3) is 0.667. The number of aromatic nitrogens is 1. The maximum atomic E-state index is 14.2. The van der Waals surface area contributed by atoms with Crippen molar-refractivity contribution in [2.24, 2.45) is 17.6 Å². The average Bonchev–Trinajstić information content (AvgIpc) is 3.83. The van der Waals surface area contributed by atoms with Crippen LogP contribution in [-0.4, -0.2) is 113 Å². The number of carbonyl (C=O) groups excluding carboxylic acids is 4. The highest BCUT2D eigenvalue weighted by Gasteiger charge is 2.45. The molecule has 1 aliphatic rings. The molecule has 296 valence electrons. The van der Waals surface area contributed by atoms with E-state index in [1.807, 2.05) is 56.5 Å². The Hall–Kier alpha value is -3.43. The van der Waals surface area contributed by atoms with Gasteiger partial charge in [0.25, 0.3) is 0 Å². The molecule has 0 bridgehead atoms. The summed E-state index contributed by atoms with van der Waals surface area (Å²) in [5.74, 6) is -2.18. The van der Waals surface area contributed by atoms with Crippen molar-refractivity contribution < 1.29 is 33.8 Å².